The predicted octanol–water partition coefficient (Wildman–Crippen LogP) is 12.2. The van der Waals surface area contributed by atoms with Gasteiger partial charge in [0.25, 0.3) is 0 Å². The second-order valence-electron chi connectivity index (χ2n) is 12.5. The van der Waals surface area contributed by atoms with Gasteiger partial charge in [0, 0.05) is 29.1 Å². The van der Waals surface area contributed by atoms with E-state index in [9.17, 15) is 0 Å². The Morgan fingerprint density at radius 1 is 0.320 bits per heavy atom. The monoisotopic (exact) mass is 637 g/mol. The molecule has 2 heterocycles. The van der Waals surface area contributed by atoms with Crippen molar-refractivity contribution in [3.63, 3.8) is 0 Å². The standard InChI is InChI=1S/C47H31N3/c1-2-10-38-28-40(26-23-32(38)8-1)46-30-45(37-24-21-34(22-25-37)33-17-19-35(20-18-33)42-14-7-27-48-31-42)49-47(50-46)41-13-5-12-39(29-41)44-16-6-11-36-9-3-4-15-43(36)44/h1-31H. The van der Waals surface area contributed by atoms with Gasteiger partial charge in [0.05, 0.1) is 11.4 Å². The van der Waals surface area contributed by atoms with Crippen molar-refractivity contribution in [2.45, 2.75) is 0 Å². The maximum absolute atomic E-state index is 5.19. The van der Waals surface area contributed by atoms with Crippen LogP contribution in [0.1, 0.15) is 0 Å². The number of pyridine rings is 1. The minimum absolute atomic E-state index is 0.697. The van der Waals surface area contributed by atoms with Gasteiger partial charge in [-0.1, -0.05) is 152 Å². The van der Waals surface area contributed by atoms with Crippen LogP contribution < -0.4 is 0 Å². The summed E-state index contributed by atoms with van der Waals surface area (Å²) >= 11 is 0. The van der Waals surface area contributed by atoms with E-state index in [0.29, 0.717) is 5.82 Å². The summed E-state index contributed by atoms with van der Waals surface area (Å²) < 4.78 is 0. The summed E-state index contributed by atoms with van der Waals surface area (Å²) in [5.41, 5.74) is 11.8. The lowest BCUT2D eigenvalue weighted by atomic mass is 9.96. The average molecular weight is 638 g/mol. The number of aromatic nitrogens is 3. The summed E-state index contributed by atoms with van der Waals surface area (Å²) in [5, 5.41) is 4.84. The number of hydrogen-bond donors (Lipinski definition) is 0. The van der Waals surface area contributed by atoms with Gasteiger partial charge in [-0.3, -0.25) is 4.98 Å². The van der Waals surface area contributed by atoms with Crippen molar-refractivity contribution in [3.8, 4) is 67.3 Å². The predicted molar refractivity (Wildman–Crippen MR) is 207 cm³/mol. The lowest BCUT2D eigenvalue weighted by Crippen LogP contribution is -1.96. The maximum atomic E-state index is 5.19. The van der Waals surface area contributed by atoms with E-state index in [1.807, 2.05) is 12.3 Å². The van der Waals surface area contributed by atoms with Crippen LogP contribution >= 0.6 is 0 Å². The molecule has 0 aliphatic heterocycles. The zero-order valence-corrected chi connectivity index (χ0v) is 27.2. The molecule has 0 aliphatic carbocycles. The van der Waals surface area contributed by atoms with Crippen LogP contribution in [0.25, 0.3) is 88.8 Å². The van der Waals surface area contributed by atoms with Gasteiger partial charge in [0.15, 0.2) is 5.82 Å². The molecule has 3 heteroatoms. The minimum atomic E-state index is 0.697. The van der Waals surface area contributed by atoms with Crippen molar-refractivity contribution in [2.75, 3.05) is 0 Å². The Hall–Kier alpha value is -6.71. The molecule has 234 valence electrons. The molecule has 7 aromatic carbocycles. The Morgan fingerprint density at radius 3 is 1.66 bits per heavy atom. The van der Waals surface area contributed by atoms with Crippen molar-refractivity contribution in [3.05, 3.63) is 188 Å². The summed E-state index contributed by atoms with van der Waals surface area (Å²) in [6, 6.07) is 62.0. The molecule has 9 aromatic rings. The minimum Gasteiger partial charge on any atom is -0.264 e. The highest BCUT2D eigenvalue weighted by Gasteiger charge is 2.13. The summed E-state index contributed by atoms with van der Waals surface area (Å²) in [7, 11) is 0. The molecular formula is C47H31N3. The van der Waals surface area contributed by atoms with E-state index >= 15 is 0 Å². The quantitative estimate of drug-likeness (QED) is 0.182. The molecule has 0 aliphatic rings. The molecule has 0 radical (unpaired) electrons. The fourth-order valence-electron chi connectivity index (χ4n) is 6.75. The Balaban J connectivity index is 1.12. The van der Waals surface area contributed by atoms with E-state index in [2.05, 4.69) is 175 Å². The van der Waals surface area contributed by atoms with Crippen molar-refractivity contribution < 1.29 is 0 Å². The first-order valence-electron chi connectivity index (χ1n) is 16.8. The molecule has 0 spiro atoms. The first-order valence-corrected chi connectivity index (χ1v) is 16.8. The fraction of sp³-hybridized carbons (Fsp3) is 0. The summed E-state index contributed by atoms with van der Waals surface area (Å²) in [5.74, 6) is 0.697. The molecular weight excluding hydrogens is 607 g/mol. The Morgan fingerprint density at radius 2 is 0.900 bits per heavy atom. The molecule has 50 heavy (non-hydrogen) atoms. The molecule has 0 bridgehead atoms. The number of nitrogens with zero attached hydrogens (tertiary/aromatic N) is 3. The number of fused-ring (bicyclic) bond motifs is 2. The topological polar surface area (TPSA) is 38.7 Å². The Kier molecular flexibility index (Phi) is 7.49. The molecule has 0 amide bonds. The summed E-state index contributed by atoms with van der Waals surface area (Å²) in [4.78, 5) is 14.6. The molecule has 0 saturated carbocycles. The van der Waals surface area contributed by atoms with Gasteiger partial charge in [-0.2, -0.15) is 0 Å². The van der Waals surface area contributed by atoms with Crippen LogP contribution in [0.4, 0.5) is 0 Å². The van der Waals surface area contributed by atoms with E-state index in [-0.39, 0.29) is 0 Å². The van der Waals surface area contributed by atoms with Crippen LogP contribution in [0.15, 0.2) is 188 Å². The molecule has 3 nitrogen and oxygen atoms in total. The van der Waals surface area contributed by atoms with Crippen LogP contribution in [0.5, 0.6) is 0 Å². The largest absolute Gasteiger partial charge is 0.264 e. The lowest BCUT2D eigenvalue weighted by Gasteiger charge is -2.12. The van der Waals surface area contributed by atoms with Crippen molar-refractivity contribution >= 4 is 21.5 Å². The van der Waals surface area contributed by atoms with E-state index in [1.165, 1.54) is 27.1 Å². The normalized spacial score (nSPS) is 11.2. The molecule has 0 saturated heterocycles. The second-order valence-corrected chi connectivity index (χ2v) is 12.5. The number of rotatable bonds is 6. The molecule has 0 atom stereocenters. The highest BCUT2D eigenvalue weighted by Crippen LogP contribution is 2.34. The van der Waals surface area contributed by atoms with Crippen LogP contribution in [-0.2, 0) is 0 Å². The number of benzene rings is 7. The van der Waals surface area contributed by atoms with Crippen molar-refractivity contribution in [1.82, 2.24) is 15.0 Å². The molecule has 0 fully saturated rings. The molecule has 0 N–H and O–H groups in total. The van der Waals surface area contributed by atoms with Crippen LogP contribution in [0.3, 0.4) is 0 Å². The first kappa shape index (κ1) is 29.4. The lowest BCUT2D eigenvalue weighted by molar-refractivity contribution is 1.18. The SMILES string of the molecule is c1cncc(-c2ccc(-c3ccc(-c4cc(-c5ccc6ccccc6c5)nc(-c5cccc(-c6cccc7ccccc67)c5)n4)cc3)cc2)c1. The van der Waals surface area contributed by atoms with Gasteiger partial charge in [-0.05, 0) is 79.2 Å². The van der Waals surface area contributed by atoms with E-state index in [1.54, 1.807) is 6.20 Å². The fourth-order valence-corrected chi connectivity index (χ4v) is 6.75. The summed E-state index contributed by atoms with van der Waals surface area (Å²) in [6.07, 6.45) is 3.69. The molecule has 2 aromatic heterocycles. The van der Waals surface area contributed by atoms with Crippen LogP contribution in [0, 0.1) is 0 Å². The van der Waals surface area contributed by atoms with Gasteiger partial charge < -0.3 is 0 Å². The molecule has 0 unspecified atom stereocenters. The zero-order chi connectivity index (χ0) is 33.3. The Labute approximate surface area is 291 Å². The number of hydrogen-bond acceptors (Lipinski definition) is 3. The average Bonchev–Trinajstić information content (AvgIpc) is 3.21. The highest BCUT2D eigenvalue weighted by molar-refractivity contribution is 5.97. The third-order valence-corrected chi connectivity index (χ3v) is 9.39. The second kappa shape index (κ2) is 12.7. The molecule has 9 rings (SSSR count). The van der Waals surface area contributed by atoms with E-state index in [0.717, 1.165) is 55.9 Å². The van der Waals surface area contributed by atoms with Gasteiger partial charge in [0.2, 0.25) is 0 Å². The van der Waals surface area contributed by atoms with E-state index < -0.39 is 0 Å². The highest BCUT2D eigenvalue weighted by atomic mass is 14.9. The maximum Gasteiger partial charge on any atom is 0.160 e. The smallest absolute Gasteiger partial charge is 0.160 e. The van der Waals surface area contributed by atoms with Crippen molar-refractivity contribution in [1.29, 1.82) is 0 Å². The first-order chi connectivity index (χ1) is 24.7. The summed E-state index contributed by atoms with van der Waals surface area (Å²) in [6.45, 7) is 0. The van der Waals surface area contributed by atoms with Crippen LogP contribution in [-0.4, -0.2) is 15.0 Å². The van der Waals surface area contributed by atoms with Crippen molar-refractivity contribution in [2.24, 2.45) is 0 Å². The van der Waals surface area contributed by atoms with E-state index in [4.69, 9.17) is 9.97 Å². The van der Waals surface area contributed by atoms with Gasteiger partial charge in [0.1, 0.15) is 0 Å². The zero-order valence-electron chi connectivity index (χ0n) is 27.2. The third-order valence-electron chi connectivity index (χ3n) is 9.39. The van der Waals surface area contributed by atoms with Crippen LogP contribution in [0.2, 0.25) is 0 Å². The Bertz CT molecular complexity index is 2620. The van der Waals surface area contributed by atoms with Gasteiger partial charge in [-0.15, -0.1) is 0 Å². The van der Waals surface area contributed by atoms with Gasteiger partial charge >= 0.3 is 0 Å². The van der Waals surface area contributed by atoms with Gasteiger partial charge in [-0.25, -0.2) is 9.97 Å². The third kappa shape index (κ3) is 5.72.